The summed E-state index contributed by atoms with van der Waals surface area (Å²) in [5.74, 6) is 3.20. The number of nitrogens with one attached hydrogen (secondary N) is 1. The van der Waals surface area contributed by atoms with Crippen LogP contribution in [0.25, 0.3) is 11.1 Å². The molecule has 0 aliphatic heterocycles. The van der Waals surface area contributed by atoms with E-state index in [0.717, 1.165) is 29.7 Å². The average molecular weight is 321 g/mol. The quantitative estimate of drug-likeness (QED) is 0.861. The highest BCUT2D eigenvalue weighted by Crippen LogP contribution is 2.24. The van der Waals surface area contributed by atoms with Gasteiger partial charge in [-0.2, -0.15) is 0 Å². The van der Waals surface area contributed by atoms with E-state index >= 15 is 0 Å². The molecular weight excluding hydrogens is 302 g/mol. The van der Waals surface area contributed by atoms with E-state index in [0.29, 0.717) is 5.69 Å². The van der Waals surface area contributed by atoms with Crippen molar-refractivity contribution < 1.29 is 9.53 Å². The van der Waals surface area contributed by atoms with Crippen molar-refractivity contribution in [3.8, 4) is 16.9 Å². The Labute approximate surface area is 141 Å². The molecule has 1 saturated carbocycles. The molecule has 1 aliphatic carbocycles. The monoisotopic (exact) mass is 321 g/mol. The van der Waals surface area contributed by atoms with Gasteiger partial charge in [-0.25, -0.2) is 4.99 Å². The Hall–Kier alpha value is -2.91. The Morgan fingerprint density at radius 2 is 1.96 bits per heavy atom. The molecule has 3 rings (SSSR count). The van der Waals surface area contributed by atoms with Gasteiger partial charge in [-0.05, 0) is 49.1 Å². The summed E-state index contributed by atoms with van der Waals surface area (Å²) in [4.78, 5) is 20.6. The highest BCUT2D eigenvalue weighted by molar-refractivity contribution is 5.92. The zero-order chi connectivity index (χ0) is 16.9. The molecule has 1 aliphatic rings. The summed E-state index contributed by atoms with van der Waals surface area (Å²) in [5, 5.41) is 2.97. The number of aliphatic imine (C=N–C) groups is 1. The SMILES string of the molecule is C=C=NC1CC(NC(=O)c2ccc(-c3ccc(OC)cc3)cn2)C1. The Morgan fingerprint density at radius 1 is 1.25 bits per heavy atom. The van der Waals surface area contributed by atoms with Crippen molar-refractivity contribution in [3.05, 3.63) is 54.9 Å². The van der Waals surface area contributed by atoms with Gasteiger partial charge in [-0.1, -0.05) is 18.2 Å². The second kappa shape index (κ2) is 7.11. The molecular formula is C19H19N3O2. The van der Waals surface area contributed by atoms with Crippen molar-refractivity contribution in [2.24, 2.45) is 4.99 Å². The largest absolute Gasteiger partial charge is 0.497 e. The second-order valence-corrected chi connectivity index (χ2v) is 5.74. The number of carbonyl (C=O) groups excluding carboxylic acids is 1. The summed E-state index contributed by atoms with van der Waals surface area (Å²) in [6, 6.07) is 11.8. The first-order valence-electron chi connectivity index (χ1n) is 7.83. The number of rotatable bonds is 5. The van der Waals surface area contributed by atoms with Gasteiger partial charge in [0.05, 0.1) is 13.2 Å². The number of methoxy groups -OCH3 is 1. The van der Waals surface area contributed by atoms with Gasteiger partial charge in [0.15, 0.2) is 0 Å². The summed E-state index contributed by atoms with van der Waals surface area (Å²) in [7, 11) is 1.64. The number of pyridine rings is 1. The van der Waals surface area contributed by atoms with E-state index < -0.39 is 0 Å². The third-order valence-corrected chi connectivity index (χ3v) is 4.14. The fraction of sp³-hybridized carbons (Fsp3) is 0.263. The fourth-order valence-corrected chi connectivity index (χ4v) is 2.68. The summed E-state index contributed by atoms with van der Waals surface area (Å²) in [5.41, 5.74) is 2.40. The van der Waals surface area contributed by atoms with Crippen molar-refractivity contribution >= 4 is 11.8 Å². The minimum absolute atomic E-state index is 0.151. The Bertz CT molecular complexity index is 756. The zero-order valence-electron chi connectivity index (χ0n) is 13.5. The summed E-state index contributed by atoms with van der Waals surface area (Å²) >= 11 is 0. The molecule has 24 heavy (non-hydrogen) atoms. The van der Waals surface area contributed by atoms with Gasteiger partial charge >= 0.3 is 0 Å². The van der Waals surface area contributed by atoms with E-state index in [4.69, 9.17) is 4.74 Å². The molecule has 0 bridgehead atoms. The first-order valence-corrected chi connectivity index (χ1v) is 7.83. The van der Waals surface area contributed by atoms with E-state index in [-0.39, 0.29) is 18.0 Å². The van der Waals surface area contributed by atoms with Gasteiger partial charge in [-0.3, -0.25) is 9.78 Å². The topological polar surface area (TPSA) is 63.6 Å². The highest BCUT2D eigenvalue weighted by Gasteiger charge is 2.30. The van der Waals surface area contributed by atoms with E-state index in [1.807, 2.05) is 30.3 Å². The lowest BCUT2D eigenvalue weighted by molar-refractivity contribution is 0.0905. The van der Waals surface area contributed by atoms with Crippen LogP contribution >= 0.6 is 0 Å². The molecule has 0 spiro atoms. The molecule has 1 heterocycles. The second-order valence-electron chi connectivity index (χ2n) is 5.74. The fourth-order valence-electron chi connectivity index (χ4n) is 2.68. The van der Waals surface area contributed by atoms with Gasteiger partial charge in [0.2, 0.25) is 0 Å². The van der Waals surface area contributed by atoms with Crippen molar-refractivity contribution in [3.63, 3.8) is 0 Å². The number of hydrogen-bond acceptors (Lipinski definition) is 4. The highest BCUT2D eigenvalue weighted by atomic mass is 16.5. The van der Waals surface area contributed by atoms with Crippen LogP contribution in [0.2, 0.25) is 0 Å². The summed E-state index contributed by atoms with van der Waals surface area (Å²) < 4.78 is 5.15. The molecule has 0 unspecified atom stereocenters. The number of nitrogens with zero attached hydrogens (tertiary/aromatic N) is 2. The maximum absolute atomic E-state index is 12.2. The van der Waals surface area contributed by atoms with Crippen LogP contribution in [0, 0.1) is 0 Å². The predicted octanol–water partition coefficient (Wildman–Crippen LogP) is 2.87. The van der Waals surface area contributed by atoms with Crippen molar-refractivity contribution in [2.45, 2.75) is 24.9 Å². The van der Waals surface area contributed by atoms with Crippen LogP contribution in [0.4, 0.5) is 0 Å². The van der Waals surface area contributed by atoms with Crippen LogP contribution in [0.3, 0.4) is 0 Å². The third kappa shape index (κ3) is 3.53. The Kier molecular flexibility index (Phi) is 4.73. The molecule has 0 atom stereocenters. The van der Waals surface area contributed by atoms with Crippen molar-refractivity contribution in [1.82, 2.24) is 10.3 Å². The van der Waals surface area contributed by atoms with E-state index in [9.17, 15) is 4.79 Å². The van der Waals surface area contributed by atoms with Gasteiger partial charge in [0.1, 0.15) is 11.4 Å². The number of benzene rings is 1. The number of amides is 1. The molecule has 0 radical (unpaired) electrons. The lowest BCUT2D eigenvalue weighted by Crippen LogP contribution is -2.46. The number of carbonyl (C=O) groups is 1. The minimum atomic E-state index is -0.151. The van der Waals surface area contributed by atoms with Gasteiger partial charge in [-0.15, -0.1) is 0 Å². The lowest BCUT2D eigenvalue weighted by atomic mass is 9.87. The normalized spacial score (nSPS) is 18.9. The molecule has 2 aromatic rings. The smallest absolute Gasteiger partial charge is 0.270 e. The molecule has 1 aromatic heterocycles. The Morgan fingerprint density at radius 3 is 2.54 bits per heavy atom. The minimum Gasteiger partial charge on any atom is -0.497 e. The lowest BCUT2D eigenvalue weighted by Gasteiger charge is -2.32. The van der Waals surface area contributed by atoms with E-state index in [2.05, 4.69) is 27.7 Å². The Balaban J connectivity index is 1.61. The first-order chi connectivity index (χ1) is 11.7. The van der Waals surface area contributed by atoms with Crippen LogP contribution in [0.15, 0.2) is 54.2 Å². The molecule has 5 nitrogen and oxygen atoms in total. The molecule has 0 saturated heterocycles. The zero-order valence-corrected chi connectivity index (χ0v) is 13.5. The molecule has 122 valence electrons. The van der Waals surface area contributed by atoms with Gasteiger partial charge in [0, 0.05) is 17.8 Å². The first kappa shape index (κ1) is 16.0. The molecule has 1 aromatic carbocycles. The van der Waals surface area contributed by atoms with Crippen LogP contribution in [-0.4, -0.2) is 36.0 Å². The third-order valence-electron chi connectivity index (χ3n) is 4.14. The van der Waals surface area contributed by atoms with Crippen LogP contribution in [0.1, 0.15) is 23.3 Å². The van der Waals surface area contributed by atoms with Crippen molar-refractivity contribution in [1.29, 1.82) is 0 Å². The maximum atomic E-state index is 12.2. The molecule has 1 fully saturated rings. The maximum Gasteiger partial charge on any atom is 0.270 e. The number of hydrogen-bond donors (Lipinski definition) is 1. The predicted molar refractivity (Wildman–Crippen MR) is 93.6 cm³/mol. The molecule has 1 amide bonds. The van der Waals surface area contributed by atoms with Crippen molar-refractivity contribution in [2.75, 3.05) is 7.11 Å². The standard InChI is InChI=1S/C19H19N3O2/c1-3-20-15-10-16(11-15)22-19(23)18-9-6-14(12-21-18)13-4-7-17(24-2)8-5-13/h4-9,12,15-16H,1,10-11H2,2H3,(H,22,23). The summed E-state index contributed by atoms with van der Waals surface area (Å²) in [6.45, 7) is 3.46. The van der Waals surface area contributed by atoms with Gasteiger partial charge < -0.3 is 10.1 Å². The van der Waals surface area contributed by atoms with Crippen LogP contribution in [0.5, 0.6) is 5.75 Å². The molecule has 1 N–H and O–H groups in total. The van der Waals surface area contributed by atoms with Crippen LogP contribution < -0.4 is 10.1 Å². The average Bonchev–Trinajstić information content (AvgIpc) is 2.60. The van der Waals surface area contributed by atoms with Crippen LogP contribution in [-0.2, 0) is 0 Å². The number of ether oxygens (including phenoxy) is 1. The molecule has 5 heteroatoms. The van der Waals surface area contributed by atoms with E-state index in [1.165, 1.54) is 0 Å². The van der Waals surface area contributed by atoms with Gasteiger partial charge in [0.25, 0.3) is 5.91 Å². The van der Waals surface area contributed by atoms with E-state index in [1.54, 1.807) is 19.4 Å². The summed E-state index contributed by atoms with van der Waals surface area (Å²) in [6.07, 6.45) is 3.37. The number of aromatic nitrogens is 1.